The zero-order valence-corrected chi connectivity index (χ0v) is 9.60. The van der Waals surface area contributed by atoms with E-state index in [2.05, 4.69) is 9.97 Å². The van der Waals surface area contributed by atoms with Gasteiger partial charge >= 0.3 is 5.97 Å². The number of hydrogen-bond donors (Lipinski definition) is 2. The number of rotatable bonds is 4. The third kappa shape index (κ3) is 2.72. The van der Waals surface area contributed by atoms with E-state index in [1.165, 1.54) is 0 Å². The Balaban J connectivity index is 2.23. The standard InChI is InChI=1S/C13H14N2O2/c1-9-13(15-8-14-9)11-4-2-3-10(7-11)5-6-12(16)17/h2-4,7-8H,5-6H2,1H3,(H,14,15)(H,16,17). The Morgan fingerprint density at radius 1 is 1.47 bits per heavy atom. The molecule has 2 rings (SSSR count). The number of aromatic amines is 1. The number of H-pyrrole nitrogens is 1. The second-order valence-corrected chi connectivity index (χ2v) is 3.97. The van der Waals surface area contributed by atoms with Crippen molar-refractivity contribution in [3.8, 4) is 11.3 Å². The smallest absolute Gasteiger partial charge is 0.303 e. The Kier molecular flexibility index (Phi) is 3.23. The Hall–Kier alpha value is -2.10. The quantitative estimate of drug-likeness (QED) is 0.847. The van der Waals surface area contributed by atoms with Gasteiger partial charge in [0.2, 0.25) is 0 Å². The van der Waals surface area contributed by atoms with E-state index in [1.807, 2.05) is 31.2 Å². The van der Waals surface area contributed by atoms with Crippen LogP contribution in [0.1, 0.15) is 17.7 Å². The summed E-state index contributed by atoms with van der Waals surface area (Å²) in [6, 6.07) is 7.84. The van der Waals surface area contributed by atoms with Gasteiger partial charge in [0.1, 0.15) is 0 Å². The highest BCUT2D eigenvalue weighted by Gasteiger charge is 2.05. The first-order chi connectivity index (χ1) is 8.16. The average molecular weight is 230 g/mol. The summed E-state index contributed by atoms with van der Waals surface area (Å²) in [7, 11) is 0. The van der Waals surface area contributed by atoms with Gasteiger partial charge in [-0.3, -0.25) is 4.79 Å². The molecule has 0 bridgehead atoms. The van der Waals surface area contributed by atoms with Crippen LogP contribution < -0.4 is 0 Å². The first kappa shape index (κ1) is 11.4. The molecule has 0 radical (unpaired) electrons. The molecule has 0 unspecified atom stereocenters. The molecule has 2 N–H and O–H groups in total. The maximum atomic E-state index is 10.5. The van der Waals surface area contributed by atoms with Crippen LogP contribution in [0.4, 0.5) is 0 Å². The number of carboxylic acids is 1. The van der Waals surface area contributed by atoms with Crippen molar-refractivity contribution in [2.75, 3.05) is 0 Å². The molecule has 0 aliphatic carbocycles. The third-order valence-electron chi connectivity index (χ3n) is 2.66. The van der Waals surface area contributed by atoms with Crippen LogP contribution in [0, 0.1) is 6.92 Å². The largest absolute Gasteiger partial charge is 0.481 e. The van der Waals surface area contributed by atoms with Crippen molar-refractivity contribution in [2.45, 2.75) is 19.8 Å². The van der Waals surface area contributed by atoms with Gasteiger partial charge in [-0.15, -0.1) is 0 Å². The molecule has 0 saturated heterocycles. The molecule has 0 spiro atoms. The minimum atomic E-state index is -0.772. The summed E-state index contributed by atoms with van der Waals surface area (Å²) in [5.74, 6) is -0.772. The second-order valence-electron chi connectivity index (χ2n) is 3.97. The van der Waals surface area contributed by atoms with E-state index in [9.17, 15) is 4.79 Å². The molecular weight excluding hydrogens is 216 g/mol. The number of benzene rings is 1. The first-order valence-corrected chi connectivity index (χ1v) is 5.48. The van der Waals surface area contributed by atoms with Gasteiger partial charge in [0, 0.05) is 17.7 Å². The van der Waals surface area contributed by atoms with Crippen molar-refractivity contribution in [3.63, 3.8) is 0 Å². The van der Waals surface area contributed by atoms with E-state index in [0.29, 0.717) is 6.42 Å². The van der Waals surface area contributed by atoms with E-state index in [0.717, 1.165) is 22.5 Å². The molecule has 1 heterocycles. The molecule has 0 amide bonds. The Morgan fingerprint density at radius 3 is 2.94 bits per heavy atom. The number of aromatic nitrogens is 2. The maximum Gasteiger partial charge on any atom is 0.303 e. The van der Waals surface area contributed by atoms with Crippen LogP contribution in [0.2, 0.25) is 0 Å². The number of imidazole rings is 1. The summed E-state index contributed by atoms with van der Waals surface area (Å²) in [4.78, 5) is 17.8. The third-order valence-corrected chi connectivity index (χ3v) is 2.66. The van der Waals surface area contributed by atoms with Crippen molar-refractivity contribution in [1.82, 2.24) is 9.97 Å². The monoisotopic (exact) mass is 230 g/mol. The minimum Gasteiger partial charge on any atom is -0.481 e. The number of carboxylic acid groups (broad SMARTS) is 1. The average Bonchev–Trinajstić information content (AvgIpc) is 2.73. The van der Waals surface area contributed by atoms with E-state index in [1.54, 1.807) is 6.33 Å². The summed E-state index contributed by atoms with van der Waals surface area (Å²) in [6.07, 6.45) is 2.37. The van der Waals surface area contributed by atoms with Gasteiger partial charge in [-0.05, 0) is 25.0 Å². The van der Waals surface area contributed by atoms with Crippen LogP contribution in [0.5, 0.6) is 0 Å². The van der Waals surface area contributed by atoms with Gasteiger partial charge in [-0.2, -0.15) is 0 Å². The minimum absolute atomic E-state index is 0.156. The molecule has 0 fully saturated rings. The van der Waals surface area contributed by atoms with E-state index < -0.39 is 5.97 Å². The molecule has 2 aromatic rings. The predicted octanol–water partition coefficient (Wildman–Crippen LogP) is 2.40. The molecule has 0 atom stereocenters. The highest BCUT2D eigenvalue weighted by atomic mass is 16.4. The summed E-state index contributed by atoms with van der Waals surface area (Å²) >= 11 is 0. The van der Waals surface area contributed by atoms with Crippen LogP contribution in [0.3, 0.4) is 0 Å². The maximum absolute atomic E-state index is 10.5. The molecule has 0 aliphatic heterocycles. The SMILES string of the molecule is Cc1[nH]cnc1-c1cccc(CCC(=O)O)c1. The van der Waals surface area contributed by atoms with Gasteiger partial charge < -0.3 is 10.1 Å². The molecule has 0 saturated carbocycles. The Labute approximate surface area is 99.3 Å². The highest BCUT2D eigenvalue weighted by Crippen LogP contribution is 2.21. The predicted molar refractivity (Wildman–Crippen MR) is 64.7 cm³/mol. The fourth-order valence-electron chi connectivity index (χ4n) is 1.78. The van der Waals surface area contributed by atoms with E-state index in [4.69, 9.17) is 5.11 Å². The number of nitrogens with one attached hydrogen (secondary N) is 1. The number of nitrogens with zero attached hydrogens (tertiary/aromatic N) is 1. The first-order valence-electron chi connectivity index (χ1n) is 5.48. The summed E-state index contributed by atoms with van der Waals surface area (Å²) in [5.41, 5.74) is 3.97. The Bertz CT molecular complexity index is 532. The van der Waals surface area contributed by atoms with Crippen molar-refractivity contribution in [1.29, 1.82) is 0 Å². The normalized spacial score (nSPS) is 10.4. The lowest BCUT2D eigenvalue weighted by Gasteiger charge is -2.03. The molecule has 1 aromatic carbocycles. The second kappa shape index (κ2) is 4.82. The van der Waals surface area contributed by atoms with E-state index in [-0.39, 0.29) is 6.42 Å². The van der Waals surface area contributed by atoms with Crippen LogP contribution in [-0.2, 0) is 11.2 Å². The van der Waals surface area contributed by atoms with Crippen molar-refractivity contribution in [3.05, 3.63) is 41.9 Å². The lowest BCUT2D eigenvalue weighted by atomic mass is 10.0. The molecule has 4 heteroatoms. The molecule has 4 nitrogen and oxygen atoms in total. The van der Waals surface area contributed by atoms with Gasteiger partial charge in [-0.25, -0.2) is 4.98 Å². The van der Waals surface area contributed by atoms with Crippen molar-refractivity contribution < 1.29 is 9.90 Å². The van der Waals surface area contributed by atoms with Gasteiger partial charge in [-0.1, -0.05) is 18.2 Å². The molecule has 88 valence electrons. The van der Waals surface area contributed by atoms with Crippen molar-refractivity contribution in [2.24, 2.45) is 0 Å². The van der Waals surface area contributed by atoms with Gasteiger partial charge in [0.05, 0.1) is 12.0 Å². The number of aliphatic carboxylic acids is 1. The lowest BCUT2D eigenvalue weighted by molar-refractivity contribution is -0.136. The van der Waals surface area contributed by atoms with Gasteiger partial charge in [0.25, 0.3) is 0 Å². The summed E-state index contributed by atoms with van der Waals surface area (Å²) < 4.78 is 0. The molecule has 1 aromatic heterocycles. The topological polar surface area (TPSA) is 66.0 Å². The van der Waals surface area contributed by atoms with E-state index >= 15 is 0 Å². The fraction of sp³-hybridized carbons (Fsp3) is 0.231. The fourth-order valence-corrected chi connectivity index (χ4v) is 1.78. The Morgan fingerprint density at radius 2 is 2.29 bits per heavy atom. The summed E-state index contributed by atoms with van der Waals surface area (Å²) in [6.45, 7) is 1.96. The number of hydrogen-bond acceptors (Lipinski definition) is 2. The van der Waals surface area contributed by atoms with Crippen LogP contribution >= 0.6 is 0 Å². The number of aryl methyl sites for hydroxylation is 2. The van der Waals surface area contributed by atoms with Crippen LogP contribution in [-0.4, -0.2) is 21.0 Å². The zero-order valence-electron chi connectivity index (χ0n) is 9.60. The number of carbonyl (C=O) groups is 1. The molecule has 17 heavy (non-hydrogen) atoms. The van der Waals surface area contributed by atoms with Crippen LogP contribution in [0.25, 0.3) is 11.3 Å². The van der Waals surface area contributed by atoms with Crippen LogP contribution in [0.15, 0.2) is 30.6 Å². The summed E-state index contributed by atoms with van der Waals surface area (Å²) in [5, 5.41) is 8.65. The highest BCUT2D eigenvalue weighted by molar-refractivity contribution is 5.67. The molecule has 0 aliphatic rings. The zero-order chi connectivity index (χ0) is 12.3. The van der Waals surface area contributed by atoms with Gasteiger partial charge in [0.15, 0.2) is 0 Å². The lowest BCUT2D eigenvalue weighted by Crippen LogP contribution is -1.97. The molecular formula is C13H14N2O2. The van der Waals surface area contributed by atoms with Crippen molar-refractivity contribution >= 4 is 5.97 Å².